The van der Waals surface area contributed by atoms with Gasteiger partial charge in [0.05, 0.1) is 35.7 Å². The minimum Gasteiger partial charge on any atom is -0.460 e. The number of ether oxygens (including phenoxy) is 2. The van der Waals surface area contributed by atoms with Crippen molar-refractivity contribution in [1.82, 2.24) is 25.1 Å². The quantitative estimate of drug-likeness (QED) is 0.248. The Morgan fingerprint density at radius 3 is 2.24 bits per heavy atom. The summed E-state index contributed by atoms with van der Waals surface area (Å²) in [7, 11) is -0.538. The van der Waals surface area contributed by atoms with Crippen LogP contribution in [0.25, 0.3) is 0 Å². The number of carbonyl (C=O) groups is 5. The summed E-state index contributed by atoms with van der Waals surface area (Å²) < 4.78 is 25.5. The minimum atomic E-state index is -1.06. The highest BCUT2D eigenvalue weighted by Crippen LogP contribution is 2.65. The van der Waals surface area contributed by atoms with Crippen LogP contribution in [0.1, 0.15) is 128 Å². The van der Waals surface area contributed by atoms with E-state index in [-0.39, 0.29) is 41.8 Å². The van der Waals surface area contributed by atoms with Crippen LogP contribution in [-0.2, 0) is 44.4 Å². The first-order chi connectivity index (χ1) is 25.2. The van der Waals surface area contributed by atoms with Gasteiger partial charge in [0.25, 0.3) is 0 Å². The maximum absolute atomic E-state index is 14.4. The van der Waals surface area contributed by atoms with Crippen LogP contribution in [0.2, 0.25) is 0 Å². The summed E-state index contributed by atoms with van der Waals surface area (Å²) in [6.07, 6.45) is 5.40. The molecule has 0 spiro atoms. The Kier molecular flexibility index (Phi) is 11.7. The largest absolute Gasteiger partial charge is 0.481 e. The van der Waals surface area contributed by atoms with E-state index in [9.17, 15) is 24.0 Å². The third-order valence-electron chi connectivity index (χ3n) is 11.8. The summed E-state index contributed by atoms with van der Waals surface area (Å²) in [4.78, 5) is 73.6. The first kappa shape index (κ1) is 42.7. The van der Waals surface area contributed by atoms with Crippen molar-refractivity contribution < 1.29 is 42.8 Å². The second-order valence-corrected chi connectivity index (χ2v) is 20.1. The molecule has 0 radical (unpaired) electrons. The molecule has 5 fully saturated rings. The van der Waals surface area contributed by atoms with Crippen molar-refractivity contribution in [2.75, 3.05) is 6.54 Å². The zero-order valence-corrected chi connectivity index (χ0v) is 35.2. The van der Waals surface area contributed by atoms with Gasteiger partial charge in [0.1, 0.15) is 29.6 Å². The second kappa shape index (κ2) is 15.1. The summed E-state index contributed by atoms with van der Waals surface area (Å²) in [6.45, 7) is 25.0. The number of nitrogens with one attached hydrogen (secondary N) is 2. The Morgan fingerprint density at radius 2 is 1.64 bits per heavy atom. The van der Waals surface area contributed by atoms with Gasteiger partial charge in [0, 0.05) is 19.2 Å². The molecule has 2 bridgehead atoms. The first-order valence-corrected chi connectivity index (χ1v) is 19.9. The molecular weight excluding hydrogens is 705 g/mol. The molecule has 55 heavy (non-hydrogen) atoms. The van der Waals surface area contributed by atoms with Gasteiger partial charge in [0.15, 0.2) is 0 Å². The van der Waals surface area contributed by atoms with Crippen molar-refractivity contribution in [3.8, 4) is 0 Å². The third-order valence-corrected chi connectivity index (χ3v) is 11.8. The van der Waals surface area contributed by atoms with Crippen molar-refractivity contribution in [2.24, 2.45) is 28.6 Å². The lowest BCUT2D eigenvalue weighted by molar-refractivity contribution is -0.185. The van der Waals surface area contributed by atoms with Crippen LogP contribution in [0.3, 0.4) is 0 Å². The fraction of sp³-hybridized carbons (Fsp3) is 0.800. The minimum absolute atomic E-state index is 0.0151. The molecule has 1 aromatic rings. The molecule has 2 aliphatic heterocycles. The van der Waals surface area contributed by atoms with Gasteiger partial charge in [0.2, 0.25) is 17.7 Å². The molecule has 3 heterocycles. The smallest absolute Gasteiger partial charge is 0.460 e. The van der Waals surface area contributed by atoms with E-state index < -0.39 is 65.6 Å². The number of esters is 1. The summed E-state index contributed by atoms with van der Waals surface area (Å²) in [5.41, 5.74) is -1.97. The first-order valence-electron chi connectivity index (χ1n) is 19.9. The highest BCUT2D eigenvalue weighted by atomic mass is 16.7. The zero-order valence-electron chi connectivity index (χ0n) is 35.2. The number of imidazole rings is 1. The van der Waals surface area contributed by atoms with E-state index in [1.807, 2.05) is 25.7 Å². The molecule has 15 heteroatoms. The molecule has 2 saturated heterocycles. The van der Waals surface area contributed by atoms with Crippen LogP contribution in [-0.4, -0.2) is 98.8 Å². The van der Waals surface area contributed by atoms with Gasteiger partial charge >= 0.3 is 19.2 Å². The third kappa shape index (κ3) is 9.57. The van der Waals surface area contributed by atoms with Gasteiger partial charge in [-0.25, -0.2) is 14.3 Å². The SMILES string of the molecule is CC(NC(=O)C(CC(=O)OC(C)(C)C)Cc1cn(C(=O)OC(C)(C)C)cn1)C(=O)NC(C(=O)N1CCCC1B1OC2C3CC(C[C@]2(C)O1)C3(C)C)C(C)(C)C. The summed E-state index contributed by atoms with van der Waals surface area (Å²) in [5, 5.41) is 5.69. The lowest BCUT2D eigenvalue weighted by atomic mass is 9.45. The van der Waals surface area contributed by atoms with Crippen LogP contribution in [0, 0.1) is 28.6 Å². The number of rotatable bonds is 10. The van der Waals surface area contributed by atoms with Crippen LogP contribution in [0.5, 0.6) is 0 Å². The fourth-order valence-electron chi connectivity index (χ4n) is 8.71. The van der Waals surface area contributed by atoms with E-state index in [0.717, 1.165) is 25.7 Å². The molecule has 14 nitrogen and oxygen atoms in total. The predicted octanol–water partition coefficient (Wildman–Crippen LogP) is 4.85. The molecule has 7 unspecified atom stereocenters. The van der Waals surface area contributed by atoms with Crippen molar-refractivity contribution >= 4 is 36.9 Å². The van der Waals surface area contributed by atoms with Crippen molar-refractivity contribution in [2.45, 2.75) is 169 Å². The molecule has 2 N–H and O–H groups in total. The highest BCUT2D eigenvalue weighted by molar-refractivity contribution is 6.48. The zero-order chi connectivity index (χ0) is 41.1. The van der Waals surface area contributed by atoms with Crippen LogP contribution in [0.15, 0.2) is 12.5 Å². The summed E-state index contributed by atoms with van der Waals surface area (Å²) >= 11 is 0. The van der Waals surface area contributed by atoms with E-state index in [1.165, 1.54) is 24.0 Å². The van der Waals surface area contributed by atoms with Crippen LogP contribution >= 0.6 is 0 Å². The second-order valence-electron chi connectivity index (χ2n) is 20.1. The maximum Gasteiger partial charge on any atom is 0.481 e. The van der Waals surface area contributed by atoms with Crippen LogP contribution < -0.4 is 10.6 Å². The molecule has 3 amide bonds. The molecule has 0 aromatic carbocycles. The number of carbonyl (C=O) groups excluding carboxylic acids is 5. The monoisotopic (exact) mass is 769 g/mol. The molecule has 306 valence electrons. The van der Waals surface area contributed by atoms with Gasteiger partial charge in [-0.2, -0.15) is 0 Å². The van der Waals surface area contributed by atoms with E-state index in [4.69, 9.17) is 18.8 Å². The fourth-order valence-corrected chi connectivity index (χ4v) is 8.71. The van der Waals surface area contributed by atoms with Gasteiger partial charge in [-0.3, -0.25) is 19.2 Å². The van der Waals surface area contributed by atoms with E-state index in [2.05, 4.69) is 36.4 Å². The molecule has 3 aliphatic carbocycles. The Hall–Kier alpha value is -3.46. The number of likely N-dealkylation sites (tertiary alicyclic amines) is 1. The lowest BCUT2D eigenvalue weighted by Gasteiger charge is -2.63. The Labute approximate surface area is 327 Å². The van der Waals surface area contributed by atoms with Gasteiger partial charge in [-0.05, 0) is 104 Å². The average Bonchev–Trinajstić information content (AvgIpc) is 3.78. The molecule has 3 saturated carbocycles. The van der Waals surface area contributed by atoms with Gasteiger partial charge in [-0.15, -0.1) is 0 Å². The van der Waals surface area contributed by atoms with E-state index >= 15 is 0 Å². The topological polar surface area (TPSA) is 167 Å². The Morgan fingerprint density at radius 1 is 0.982 bits per heavy atom. The lowest BCUT2D eigenvalue weighted by Crippen LogP contribution is -2.63. The summed E-state index contributed by atoms with van der Waals surface area (Å²) in [6, 6.07) is -1.96. The average molecular weight is 770 g/mol. The molecule has 5 aliphatic rings. The Bertz CT molecular complexity index is 1640. The normalized spacial score (nSPS) is 27.7. The molecule has 6 rings (SSSR count). The van der Waals surface area contributed by atoms with Gasteiger partial charge < -0.3 is 34.3 Å². The van der Waals surface area contributed by atoms with Gasteiger partial charge in [-0.1, -0.05) is 34.6 Å². The number of hydrogen-bond acceptors (Lipinski definition) is 10. The number of aromatic nitrogens is 2. The molecular formula is C40H64BN5O9. The van der Waals surface area contributed by atoms with Crippen molar-refractivity contribution in [3.05, 3.63) is 18.2 Å². The Balaban J connectivity index is 1.25. The van der Waals surface area contributed by atoms with E-state index in [1.54, 1.807) is 41.5 Å². The number of hydrogen-bond donors (Lipinski definition) is 2. The van der Waals surface area contributed by atoms with Crippen LogP contribution in [0.4, 0.5) is 4.79 Å². The number of nitrogens with zero attached hydrogens (tertiary/aromatic N) is 3. The highest BCUT2D eigenvalue weighted by Gasteiger charge is 2.68. The standard InChI is InChI=1S/C40H64BN5O9/c1-23(43-33(49)24(18-29(47)52-37(5,6)7)17-26-21-45(22-42-26)35(51)53-38(8,9)10)32(48)44-30(36(2,3)4)34(50)46-16-14-15-28(46)41-54-31-27-19-25(39(27,11)12)20-40(31,13)55-41/h21-25,27-28,30-31H,14-20H2,1-13H3,(H,43,49)(H,44,48)/t23?,24?,25?,27?,28?,30?,31?,40-/m0/s1. The summed E-state index contributed by atoms with van der Waals surface area (Å²) in [5.74, 6) is -2.18. The van der Waals surface area contributed by atoms with Crippen molar-refractivity contribution in [1.29, 1.82) is 0 Å². The maximum atomic E-state index is 14.4. The predicted molar refractivity (Wildman–Crippen MR) is 205 cm³/mol. The number of amides is 3. The van der Waals surface area contributed by atoms with Crippen molar-refractivity contribution in [3.63, 3.8) is 0 Å². The molecule has 8 atom stereocenters. The molecule has 1 aromatic heterocycles. The van der Waals surface area contributed by atoms with E-state index in [0.29, 0.717) is 24.1 Å².